The van der Waals surface area contributed by atoms with E-state index in [1.807, 2.05) is 0 Å². The molecule has 0 saturated carbocycles. The minimum Gasteiger partial charge on any atom is -0.383 e. The van der Waals surface area contributed by atoms with Crippen LogP contribution in [0.1, 0.15) is 18.9 Å². The van der Waals surface area contributed by atoms with Crippen LogP contribution >= 0.6 is 0 Å². The van der Waals surface area contributed by atoms with Crippen molar-refractivity contribution in [3.8, 4) is 0 Å². The van der Waals surface area contributed by atoms with Crippen molar-refractivity contribution >= 4 is 21.6 Å². The maximum absolute atomic E-state index is 12.9. The highest BCUT2D eigenvalue weighted by Gasteiger charge is 2.17. The van der Waals surface area contributed by atoms with Crippen molar-refractivity contribution in [3.63, 3.8) is 0 Å². The van der Waals surface area contributed by atoms with E-state index < -0.39 is 10.0 Å². The monoisotopic (exact) mass is 394 g/mol. The molecule has 1 atom stereocenters. The first-order chi connectivity index (χ1) is 12.8. The van der Waals surface area contributed by atoms with Crippen LogP contribution in [-0.4, -0.2) is 34.1 Å². The number of carbonyl (C=O) groups excluding carboxylic acids is 1. The molecule has 0 aliphatic carbocycles. The molecule has 0 saturated heterocycles. The van der Waals surface area contributed by atoms with Gasteiger partial charge in [0.1, 0.15) is 5.82 Å². The molecule has 2 N–H and O–H groups in total. The highest BCUT2D eigenvalue weighted by molar-refractivity contribution is 7.89. The van der Waals surface area contributed by atoms with E-state index >= 15 is 0 Å². The Labute approximate surface area is 158 Å². The summed E-state index contributed by atoms with van der Waals surface area (Å²) in [5.41, 5.74) is 1.37. The predicted octanol–water partition coefficient (Wildman–Crippen LogP) is 2.71. The van der Waals surface area contributed by atoms with E-state index in [9.17, 15) is 17.6 Å². The van der Waals surface area contributed by atoms with Crippen LogP contribution in [0.5, 0.6) is 0 Å². The number of nitrogens with one attached hydrogen (secondary N) is 2. The average molecular weight is 394 g/mol. The fourth-order valence-electron chi connectivity index (χ4n) is 2.47. The molecule has 0 heterocycles. The number of hydrogen-bond acceptors (Lipinski definition) is 4. The van der Waals surface area contributed by atoms with Crippen LogP contribution in [0.3, 0.4) is 0 Å². The number of methoxy groups -OCH3 is 1. The summed E-state index contributed by atoms with van der Waals surface area (Å²) in [7, 11) is -2.15. The van der Waals surface area contributed by atoms with E-state index in [0.717, 1.165) is 5.56 Å². The molecular formula is C19H23FN2O4S. The minimum atomic E-state index is -3.65. The highest BCUT2D eigenvalue weighted by Crippen LogP contribution is 2.15. The van der Waals surface area contributed by atoms with Crippen LogP contribution in [0.15, 0.2) is 53.4 Å². The highest BCUT2D eigenvalue weighted by atomic mass is 32.2. The van der Waals surface area contributed by atoms with Gasteiger partial charge in [0, 0.05) is 25.3 Å². The minimum absolute atomic E-state index is 0.106. The van der Waals surface area contributed by atoms with Gasteiger partial charge in [-0.05, 0) is 55.3 Å². The third kappa shape index (κ3) is 6.74. The number of sulfonamides is 1. The van der Waals surface area contributed by atoms with Crippen LogP contribution in [0.4, 0.5) is 10.1 Å². The van der Waals surface area contributed by atoms with Gasteiger partial charge in [-0.3, -0.25) is 4.79 Å². The van der Waals surface area contributed by atoms with Gasteiger partial charge in [-0.2, -0.15) is 0 Å². The van der Waals surface area contributed by atoms with E-state index in [1.54, 1.807) is 19.1 Å². The Morgan fingerprint density at radius 1 is 1.11 bits per heavy atom. The van der Waals surface area contributed by atoms with Crippen LogP contribution in [0.25, 0.3) is 0 Å². The molecule has 1 unspecified atom stereocenters. The molecule has 27 heavy (non-hydrogen) atoms. The Morgan fingerprint density at radius 2 is 1.74 bits per heavy atom. The second-order valence-corrected chi connectivity index (χ2v) is 7.89. The van der Waals surface area contributed by atoms with Crippen LogP contribution in [-0.2, 0) is 26.0 Å². The van der Waals surface area contributed by atoms with Crippen molar-refractivity contribution in [1.29, 1.82) is 0 Å². The summed E-state index contributed by atoms with van der Waals surface area (Å²) in [4.78, 5) is 12.1. The summed E-state index contributed by atoms with van der Waals surface area (Å²) in [5.74, 6) is -0.522. The van der Waals surface area contributed by atoms with Crippen molar-refractivity contribution in [2.24, 2.45) is 0 Å². The van der Waals surface area contributed by atoms with Gasteiger partial charge in [0.05, 0.1) is 11.5 Å². The van der Waals surface area contributed by atoms with Crippen molar-refractivity contribution < 1.29 is 22.3 Å². The van der Waals surface area contributed by atoms with E-state index in [1.165, 1.54) is 43.5 Å². The third-order valence-electron chi connectivity index (χ3n) is 3.78. The molecule has 8 heteroatoms. The van der Waals surface area contributed by atoms with Crippen LogP contribution in [0, 0.1) is 5.82 Å². The molecule has 0 aliphatic rings. The number of amides is 1. The lowest BCUT2D eigenvalue weighted by atomic mass is 10.1. The Balaban J connectivity index is 1.90. The van der Waals surface area contributed by atoms with Gasteiger partial charge in [0.15, 0.2) is 0 Å². The molecule has 0 radical (unpaired) electrons. The number of rotatable bonds is 9. The second-order valence-electron chi connectivity index (χ2n) is 6.18. The van der Waals surface area contributed by atoms with Gasteiger partial charge in [0.25, 0.3) is 0 Å². The third-order valence-corrected chi connectivity index (χ3v) is 5.38. The normalized spacial score (nSPS) is 12.6. The zero-order valence-corrected chi connectivity index (χ0v) is 16.1. The maximum Gasteiger partial charge on any atom is 0.240 e. The SMILES string of the molecule is COCC(C)NS(=O)(=O)c1ccc(NC(=O)CCc2ccc(F)cc2)cc1. The molecular weight excluding hydrogens is 371 g/mol. The number of hydrogen-bond donors (Lipinski definition) is 2. The lowest BCUT2D eigenvalue weighted by molar-refractivity contribution is -0.116. The van der Waals surface area contributed by atoms with Gasteiger partial charge in [-0.15, -0.1) is 0 Å². The number of benzene rings is 2. The van der Waals surface area contributed by atoms with Crippen molar-refractivity contribution in [2.45, 2.75) is 30.7 Å². The van der Waals surface area contributed by atoms with Gasteiger partial charge in [-0.1, -0.05) is 12.1 Å². The quantitative estimate of drug-likeness (QED) is 0.685. The van der Waals surface area contributed by atoms with E-state index in [4.69, 9.17) is 4.74 Å². The molecule has 0 spiro atoms. The summed E-state index contributed by atoms with van der Waals surface area (Å²) in [6, 6.07) is 11.6. The fraction of sp³-hybridized carbons (Fsp3) is 0.316. The first-order valence-corrected chi connectivity index (χ1v) is 9.94. The molecule has 0 bridgehead atoms. The first-order valence-electron chi connectivity index (χ1n) is 8.46. The van der Waals surface area contributed by atoms with Gasteiger partial charge >= 0.3 is 0 Å². The molecule has 2 aromatic carbocycles. The summed E-state index contributed by atoms with van der Waals surface area (Å²) in [6.07, 6.45) is 0.724. The number of anilines is 1. The summed E-state index contributed by atoms with van der Waals surface area (Å²) < 4.78 is 44.8. The average Bonchev–Trinajstić information content (AvgIpc) is 2.61. The van der Waals surface area contributed by atoms with Gasteiger partial charge in [0.2, 0.25) is 15.9 Å². The molecule has 6 nitrogen and oxygen atoms in total. The number of halogens is 1. The van der Waals surface area contributed by atoms with E-state index in [-0.39, 0.29) is 35.7 Å². The van der Waals surface area contributed by atoms with Crippen molar-refractivity contribution in [2.75, 3.05) is 19.0 Å². The van der Waals surface area contributed by atoms with Crippen molar-refractivity contribution in [1.82, 2.24) is 4.72 Å². The zero-order valence-electron chi connectivity index (χ0n) is 15.2. The number of carbonyl (C=O) groups is 1. The number of ether oxygens (including phenoxy) is 1. The van der Waals surface area contributed by atoms with Crippen molar-refractivity contribution in [3.05, 3.63) is 59.9 Å². The maximum atomic E-state index is 12.9. The smallest absolute Gasteiger partial charge is 0.240 e. The summed E-state index contributed by atoms with van der Waals surface area (Å²) in [5, 5.41) is 2.72. The van der Waals surface area contributed by atoms with E-state index in [2.05, 4.69) is 10.0 Å². The summed E-state index contributed by atoms with van der Waals surface area (Å²) in [6.45, 7) is 1.97. The Morgan fingerprint density at radius 3 is 2.33 bits per heavy atom. The van der Waals surface area contributed by atoms with Gasteiger partial charge < -0.3 is 10.1 Å². The summed E-state index contributed by atoms with van der Waals surface area (Å²) >= 11 is 0. The number of aryl methyl sites for hydroxylation is 1. The topological polar surface area (TPSA) is 84.5 Å². The molecule has 146 valence electrons. The first kappa shape index (κ1) is 21.0. The lowest BCUT2D eigenvalue weighted by Crippen LogP contribution is -2.35. The Bertz CT molecular complexity index is 852. The predicted molar refractivity (Wildman–Crippen MR) is 101 cm³/mol. The molecule has 2 rings (SSSR count). The zero-order chi connectivity index (χ0) is 19.9. The molecule has 0 aromatic heterocycles. The Hall–Kier alpha value is -2.29. The lowest BCUT2D eigenvalue weighted by Gasteiger charge is -2.13. The van der Waals surface area contributed by atoms with Crippen LogP contribution in [0.2, 0.25) is 0 Å². The van der Waals surface area contributed by atoms with Gasteiger partial charge in [-0.25, -0.2) is 17.5 Å². The standard InChI is InChI=1S/C19H23FN2O4S/c1-14(13-26-2)22-27(24,25)18-10-8-17(9-11-18)21-19(23)12-5-15-3-6-16(20)7-4-15/h3-4,6-11,14,22H,5,12-13H2,1-2H3,(H,21,23). The Kier molecular flexibility index (Phi) is 7.46. The molecule has 0 fully saturated rings. The largest absolute Gasteiger partial charge is 0.383 e. The molecule has 2 aromatic rings. The molecule has 0 aliphatic heterocycles. The molecule has 1 amide bonds. The van der Waals surface area contributed by atoms with E-state index in [0.29, 0.717) is 12.1 Å². The fourth-order valence-corrected chi connectivity index (χ4v) is 3.70. The second kappa shape index (κ2) is 9.59. The van der Waals surface area contributed by atoms with Crippen LogP contribution < -0.4 is 10.0 Å².